The van der Waals surface area contributed by atoms with Crippen molar-refractivity contribution in [2.24, 2.45) is 5.92 Å². The first-order valence-corrected chi connectivity index (χ1v) is 8.06. The molecular weight excluding hydrogens is 266 g/mol. The molecule has 1 saturated heterocycles. The molecule has 21 heavy (non-hydrogen) atoms. The maximum Gasteiger partial charge on any atom is 0.229 e. The molecular formula is C16H23N3O2. The highest BCUT2D eigenvalue weighted by Gasteiger charge is 2.47. The zero-order valence-electron chi connectivity index (χ0n) is 12.7. The van der Waals surface area contributed by atoms with Gasteiger partial charge in [0.1, 0.15) is 5.54 Å². The Kier molecular flexibility index (Phi) is 3.64. The molecule has 2 aliphatic carbocycles. The van der Waals surface area contributed by atoms with Crippen LogP contribution in [0.25, 0.3) is 0 Å². The third kappa shape index (κ3) is 2.31. The van der Waals surface area contributed by atoms with Crippen LogP contribution in [0.1, 0.15) is 51.4 Å². The van der Waals surface area contributed by atoms with Crippen molar-refractivity contribution in [2.45, 2.75) is 62.9 Å². The number of hydrogen-bond acceptors (Lipinski definition) is 3. The molecule has 3 rings (SSSR count). The molecule has 2 saturated carbocycles. The van der Waals surface area contributed by atoms with Crippen LogP contribution in [-0.2, 0) is 9.59 Å². The molecule has 1 atom stereocenters. The van der Waals surface area contributed by atoms with E-state index in [4.69, 9.17) is 0 Å². The molecule has 1 heterocycles. The molecule has 5 nitrogen and oxygen atoms in total. The fraction of sp³-hybridized carbons (Fsp3) is 0.812. The predicted molar refractivity (Wildman–Crippen MR) is 77.0 cm³/mol. The number of nitriles is 1. The number of amides is 2. The van der Waals surface area contributed by atoms with Crippen molar-refractivity contribution in [2.75, 3.05) is 13.6 Å². The van der Waals surface area contributed by atoms with Crippen molar-refractivity contribution < 1.29 is 9.59 Å². The zero-order chi connectivity index (χ0) is 15.0. The number of rotatable bonds is 3. The van der Waals surface area contributed by atoms with E-state index in [0.717, 1.165) is 32.1 Å². The summed E-state index contributed by atoms with van der Waals surface area (Å²) in [6.07, 6.45) is 7.37. The minimum absolute atomic E-state index is 0.0231. The highest BCUT2D eigenvalue weighted by molar-refractivity contribution is 5.90. The van der Waals surface area contributed by atoms with E-state index >= 15 is 0 Å². The predicted octanol–water partition coefficient (Wildman–Crippen LogP) is 1.68. The quantitative estimate of drug-likeness (QED) is 0.794. The molecule has 3 fully saturated rings. The normalized spacial score (nSPS) is 28.3. The number of likely N-dealkylation sites (tertiary alicyclic amines) is 1. The third-order valence-electron chi connectivity index (χ3n) is 5.63. The Morgan fingerprint density at radius 3 is 2.52 bits per heavy atom. The molecule has 0 unspecified atom stereocenters. The van der Waals surface area contributed by atoms with E-state index in [1.807, 2.05) is 4.90 Å². The Hall–Kier alpha value is -1.57. The topological polar surface area (TPSA) is 64.4 Å². The standard InChI is InChI=1S/C16H23N3O2/c1-18(16(11-17)7-4-8-16)15(21)12-9-14(20)19(10-12)13-5-2-3-6-13/h12-13H,2-10H2,1H3/t12-/m0/s1. The largest absolute Gasteiger partial charge is 0.339 e. The van der Waals surface area contributed by atoms with Crippen LogP contribution in [-0.4, -0.2) is 46.8 Å². The minimum Gasteiger partial charge on any atom is -0.339 e. The number of carbonyl (C=O) groups is 2. The van der Waals surface area contributed by atoms with Crippen molar-refractivity contribution in [3.05, 3.63) is 0 Å². The van der Waals surface area contributed by atoms with Gasteiger partial charge in [-0.05, 0) is 32.1 Å². The first-order chi connectivity index (χ1) is 10.1. The summed E-state index contributed by atoms with van der Waals surface area (Å²) in [6, 6.07) is 2.65. The maximum absolute atomic E-state index is 12.6. The van der Waals surface area contributed by atoms with E-state index in [1.54, 1.807) is 11.9 Å². The summed E-state index contributed by atoms with van der Waals surface area (Å²) in [5, 5.41) is 9.35. The van der Waals surface area contributed by atoms with Gasteiger partial charge >= 0.3 is 0 Å². The maximum atomic E-state index is 12.6. The molecule has 3 aliphatic rings. The highest BCUT2D eigenvalue weighted by Crippen LogP contribution is 2.38. The van der Waals surface area contributed by atoms with Gasteiger partial charge in [0.25, 0.3) is 0 Å². The Bertz CT molecular complexity index is 486. The van der Waals surface area contributed by atoms with E-state index in [2.05, 4.69) is 6.07 Å². The summed E-state index contributed by atoms with van der Waals surface area (Å²) in [4.78, 5) is 28.4. The van der Waals surface area contributed by atoms with Gasteiger partial charge in [0.05, 0.1) is 12.0 Å². The summed E-state index contributed by atoms with van der Waals surface area (Å²) in [6.45, 7) is 0.550. The fourth-order valence-electron chi connectivity index (χ4n) is 3.98. The molecule has 0 aromatic rings. The van der Waals surface area contributed by atoms with Crippen molar-refractivity contribution in [1.29, 1.82) is 5.26 Å². The van der Waals surface area contributed by atoms with Crippen molar-refractivity contribution >= 4 is 11.8 Å². The Morgan fingerprint density at radius 1 is 1.33 bits per heavy atom. The van der Waals surface area contributed by atoms with Gasteiger partial charge in [-0.25, -0.2) is 0 Å². The van der Waals surface area contributed by atoms with E-state index < -0.39 is 5.54 Å². The Labute approximate surface area is 125 Å². The van der Waals surface area contributed by atoms with Gasteiger partial charge in [-0.1, -0.05) is 12.8 Å². The van der Waals surface area contributed by atoms with Gasteiger partial charge in [-0.3, -0.25) is 9.59 Å². The van der Waals surface area contributed by atoms with E-state index in [9.17, 15) is 14.9 Å². The number of hydrogen-bond donors (Lipinski definition) is 0. The van der Waals surface area contributed by atoms with Crippen LogP contribution < -0.4 is 0 Å². The van der Waals surface area contributed by atoms with Crippen LogP contribution in [0.15, 0.2) is 0 Å². The second-order valence-corrected chi connectivity index (χ2v) is 6.78. The molecule has 0 spiro atoms. The van der Waals surface area contributed by atoms with E-state index in [1.165, 1.54) is 12.8 Å². The molecule has 0 aromatic heterocycles. The van der Waals surface area contributed by atoms with Crippen LogP contribution in [0, 0.1) is 17.2 Å². The molecule has 0 aromatic carbocycles. The lowest BCUT2D eigenvalue weighted by Gasteiger charge is -2.43. The molecule has 0 bridgehead atoms. The lowest BCUT2D eigenvalue weighted by Crippen LogP contribution is -2.55. The van der Waals surface area contributed by atoms with E-state index in [-0.39, 0.29) is 17.7 Å². The zero-order valence-corrected chi connectivity index (χ0v) is 12.7. The summed E-state index contributed by atoms with van der Waals surface area (Å²) >= 11 is 0. The summed E-state index contributed by atoms with van der Waals surface area (Å²) in [5.74, 6) is -0.160. The third-order valence-corrected chi connectivity index (χ3v) is 5.63. The van der Waals surface area contributed by atoms with Gasteiger partial charge in [0, 0.05) is 26.1 Å². The minimum atomic E-state index is -0.610. The second kappa shape index (κ2) is 5.32. The monoisotopic (exact) mass is 289 g/mol. The van der Waals surface area contributed by atoms with Crippen LogP contribution in [0.3, 0.4) is 0 Å². The van der Waals surface area contributed by atoms with E-state index in [0.29, 0.717) is 19.0 Å². The van der Waals surface area contributed by atoms with Gasteiger partial charge in [-0.2, -0.15) is 5.26 Å². The Balaban J connectivity index is 1.66. The molecule has 114 valence electrons. The summed E-state index contributed by atoms with van der Waals surface area (Å²) in [7, 11) is 1.73. The lowest BCUT2D eigenvalue weighted by molar-refractivity contribution is -0.140. The average molecular weight is 289 g/mol. The average Bonchev–Trinajstić information content (AvgIpc) is 3.06. The van der Waals surface area contributed by atoms with Gasteiger partial charge < -0.3 is 9.80 Å². The SMILES string of the molecule is CN(C(=O)[C@H]1CC(=O)N(C2CCCC2)C1)C1(C#N)CCC1. The molecule has 0 radical (unpaired) electrons. The van der Waals surface area contributed by atoms with Crippen LogP contribution in [0.5, 0.6) is 0 Å². The number of carbonyl (C=O) groups excluding carboxylic acids is 2. The first-order valence-electron chi connectivity index (χ1n) is 8.06. The lowest BCUT2D eigenvalue weighted by atomic mass is 9.76. The van der Waals surface area contributed by atoms with Crippen LogP contribution in [0.2, 0.25) is 0 Å². The molecule has 1 aliphatic heterocycles. The van der Waals surface area contributed by atoms with Crippen LogP contribution in [0.4, 0.5) is 0 Å². The molecule has 5 heteroatoms. The summed E-state index contributed by atoms with van der Waals surface area (Å²) < 4.78 is 0. The van der Waals surface area contributed by atoms with Crippen molar-refractivity contribution in [3.8, 4) is 6.07 Å². The smallest absolute Gasteiger partial charge is 0.229 e. The first kappa shape index (κ1) is 14.4. The Morgan fingerprint density at radius 2 is 2.00 bits per heavy atom. The van der Waals surface area contributed by atoms with Gasteiger partial charge in [-0.15, -0.1) is 0 Å². The van der Waals surface area contributed by atoms with Gasteiger partial charge in [0.15, 0.2) is 0 Å². The highest BCUT2D eigenvalue weighted by atomic mass is 16.2. The van der Waals surface area contributed by atoms with Crippen molar-refractivity contribution in [1.82, 2.24) is 9.80 Å². The molecule has 2 amide bonds. The van der Waals surface area contributed by atoms with Gasteiger partial charge in [0.2, 0.25) is 11.8 Å². The molecule has 0 N–H and O–H groups in total. The second-order valence-electron chi connectivity index (χ2n) is 6.78. The fourth-order valence-corrected chi connectivity index (χ4v) is 3.98. The van der Waals surface area contributed by atoms with Crippen LogP contribution >= 0.6 is 0 Å². The summed E-state index contributed by atoms with van der Waals surface area (Å²) in [5.41, 5.74) is -0.610. The number of nitrogens with zero attached hydrogens (tertiary/aromatic N) is 3. The van der Waals surface area contributed by atoms with Crippen molar-refractivity contribution in [3.63, 3.8) is 0 Å².